The highest BCUT2D eigenvalue weighted by atomic mass is 16.2. The van der Waals surface area contributed by atoms with Gasteiger partial charge in [-0.15, -0.1) is 0 Å². The molecule has 2 heteroatoms. The molecule has 1 amide bonds. The van der Waals surface area contributed by atoms with Gasteiger partial charge in [0.15, 0.2) is 0 Å². The normalized spacial score (nSPS) is 12.2. The van der Waals surface area contributed by atoms with E-state index in [1.807, 2.05) is 20.8 Å². The first-order valence-corrected chi connectivity index (χ1v) is 9.96. The van der Waals surface area contributed by atoms with E-state index in [0.717, 1.165) is 11.1 Å². The predicted octanol–water partition coefficient (Wildman–Crippen LogP) is 7.25. The van der Waals surface area contributed by atoms with Crippen LogP contribution in [-0.2, 0) is 4.79 Å². The van der Waals surface area contributed by atoms with Gasteiger partial charge in [-0.05, 0) is 38.4 Å². The highest BCUT2D eigenvalue weighted by molar-refractivity contribution is 6.29. The lowest BCUT2D eigenvalue weighted by Gasteiger charge is -2.23. The topological polar surface area (TPSA) is 29.1 Å². The maximum Gasteiger partial charge on any atom is 0.229 e. The van der Waals surface area contributed by atoms with Crippen LogP contribution in [0.4, 0.5) is 5.69 Å². The number of carbonyl (C=O) groups excluding carboxylic acids is 1. The Labute approximate surface area is 166 Å². The third kappa shape index (κ3) is 2.93. The van der Waals surface area contributed by atoms with Gasteiger partial charge in [0.25, 0.3) is 0 Å². The summed E-state index contributed by atoms with van der Waals surface area (Å²) in [6.45, 7) is 10.2. The average Bonchev–Trinajstić information content (AvgIpc) is 2.67. The van der Waals surface area contributed by atoms with Crippen LogP contribution in [0, 0.1) is 5.41 Å². The molecule has 0 heterocycles. The number of hydrogen-bond acceptors (Lipinski definition) is 1. The SMILES string of the molecule is CC(C)c1ccc2c3ccccc3c3ccccc3c2c1NC(=O)C(C)(C)C. The second kappa shape index (κ2) is 6.63. The van der Waals surface area contributed by atoms with Crippen molar-refractivity contribution in [2.24, 2.45) is 5.41 Å². The van der Waals surface area contributed by atoms with Gasteiger partial charge in [0.2, 0.25) is 5.91 Å². The van der Waals surface area contributed by atoms with E-state index >= 15 is 0 Å². The van der Waals surface area contributed by atoms with Gasteiger partial charge >= 0.3 is 0 Å². The molecule has 0 saturated carbocycles. The summed E-state index contributed by atoms with van der Waals surface area (Å²) >= 11 is 0. The standard InChI is InChI=1S/C26H27NO/c1-16(2)17-14-15-22-20-12-7-6-10-18(20)19-11-8-9-13-21(19)23(22)24(17)27-25(28)26(3,4)5/h6-16H,1-5H3,(H,27,28). The zero-order chi connectivity index (χ0) is 20.1. The summed E-state index contributed by atoms with van der Waals surface area (Å²) in [5, 5.41) is 10.5. The number of benzene rings is 4. The van der Waals surface area contributed by atoms with E-state index in [1.54, 1.807) is 0 Å². The van der Waals surface area contributed by atoms with E-state index in [9.17, 15) is 4.79 Å². The Bertz CT molecular complexity index is 1180. The molecule has 1 N–H and O–H groups in total. The minimum Gasteiger partial charge on any atom is -0.325 e. The maximum absolute atomic E-state index is 12.9. The molecule has 0 unspecified atom stereocenters. The quantitative estimate of drug-likeness (QED) is 0.370. The second-order valence-corrected chi connectivity index (χ2v) is 8.90. The third-order valence-electron chi connectivity index (χ3n) is 5.48. The Morgan fingerprint density at radius 3 is 1.71 bits per heavy atom. The van der Waals surface area contributed by atoms with E-state index in [-0.39, 0.29) is 5.91 Å². The Balaban J connectivity index is 2.19. The fourth-order valence-corrected chi connectivity index (χ4v) is 3.93. The molecule has 0 spiro atoms. The van der Waals surface area contributed by atoms with Crippen LogP contribution >= 0.6 is 0 Å². The molecule has 0 saturated heterocycles. The minimum absolute atomic E-state index is 0.0409. The maximum atomic E-state index is 12.9. The van der Waals surface area contributed by atoms with E-state index < -0.39 is 5.41 Å². The lowest BCUT2D eigenvalue weighted by atomic mass is 9.88. The molecule has 0 fully saturated rings. The number of nitrogens with one attached hydrogen (secondary N) is 1. The second-order valence-electron chi connectivity index (χ2n) is 8.90. The Hall–Kier alpha value is -2.87. The smallest absolute Gasteiger partial charge is 0.229 e. The number of carbonyl (C=O) groups is 1. The highest BCUT2D eigenvalue weighted by Crippen LogP contribution is 2.42. The van der Waals surface area contributed by atoms with Crippen molar-refractivity contribution in [2.75, 3.05) is 5.32 Å². The van der Waals surface area contributed by atoms with Crippen LogP contribution in [0.25, 0.3) is 32.3 Å². The molecule has 0 aliphatic rings. The van der Waals surface area contributed by atoms with Gasteiger partial charge in [0, 0.05) is 10.8 Å². The average molecular weight is 370 g/mol. The lowest BCUT2D eigenvalue weighted by molar-refractivity contribution is -0.123. The van der Waals surface area contributed by atoms with Crippen molar-refractivity contribution in [1.29, 1.82) is 0 Å². The van der Waals surface area contributed by atoms with Gasteiger partial charge in [-0.1, -0.05) is 95.3 Å². The van der Waals surface area contributed by atoms with Gasteiger partial charge in [-0.2, -0.15) is 0 Å². The van der Waals surface area contributed by atoms with Crippen molar-refractivity contribution in [3.63, 3.8) is 0 Å². The molecule has 4 rings (SSSR count). The van der Waals surface area contributed by atoms with Gasteiger partial charge in [0.1, 0.15) is 0 Å². The zero-order valence-electron chi connectivity index (χ0n) is 17.3. The van der Waals surface area contributed by atoms with Crippen LogP contribution in [0.15, 0.2) is 60.7 Å². The van der Waals surface area contributed by atoms with E-state index in [4.69, 9.17) is 0 Å². The molecule has 4 aromatic carbocycles. The summed E-state index contributed by atoms with van der Waals surface area (Å²) in [5.41, 5.74) is 1.67. The van der Waals surface area contributed by atoms with Gasteiger partial charge in [-0.25, -0.2) is 0 Å². The number of anilines is 1. The summed E-state index contributed by atoms with van der Waals surface area (Å²) in [6.07, 6.45) is 0. The monoisotopic (exact) mass is 369 g/mol. The van der Waals surface area contributed by atoms with E-state index in [1.165, 1.54) is 32.5 Å². The van der Waals surface area contributed by atoms with Gasteiger partial charge in [0.05, 0.1) is 5.69 Å². The zero-order valence-corrected chi connectivity index (χ0v) is 17.3. The summed E-state index contributed by atoms with van der Waals surface area (Å²) in [5.74, 6) is 0.351. The van der Waals surface area contributed by atoms with Crippen LogP contribution in [-0.4, -0.2) is 5.91 Å². The molecule has 0 aliphatic heterocycles. The molecular formula is C26H27NO. The highest BCUT2D eigenvalue weighted by Gasteiger charge is 2.24. The summed E-state index contributed by atoms with van der Waals surface area (Å²) in [6, 6.07) is 21.4. The number of hydrogen-bond donors (Lipinski definition) is 1. The van der Waals surface area contributed by atoms with Crippen molar-refractivity contribution in [1.82, 2.24) is 0 Å². The number of fused-ring (bicyclic) bond motifs is 6. The molecule has 0 radical (unpaired) electrons. The van der Waals surface area contributed by atoms with Crippen molar-refractivity contribution >= 4 is 43.9 Å². The molecule has 0 aromatic heterocycles. The fraction of sp³-hybridized carbons (Fsp3) is 0.269. The van der Waals surface area contributed by atoms with E-state index in [0.29, 0.717) is 5.92 Å². The van der Waals surface area contributed by atoms with Crippen LogP contribution in [0.3, 0.4) is 0 Å². The fourth-order valence-electron chi connectivity index (χ4n) is 3.93. The van der Waals surface area contributed by atoms with Crippen molar-refractivity contribution in [3.05, 3.63) is 66.2 Å². The summed E-state index contributed by atoms with van der Waals surface area (Å²) in [7, 11) is 0. The first-order valence-electron chi connectivity index (χ1n) is 9.96. The molecule has 142 valence electrons. The Morgan fingerprint density at radius 2 is 1.21 bits per heavy atom. The first kappa shape index (κ1) is 18.5. The largest absolute Gasteiger partial charge is 0.325 e. The molecule has 0 aliphatic carbocycles. The van der Waals surface area contributed by atoms with Crippen molar-refractivity contribution in [2.45, 2.75) is 40.5 Å². The van der Waals surface area contributed by atoms with E-state index in [2.05, 4.69) is 79.8 Å². The number of rotatable bonds is 2. The first-order chi connectivity index (χ1) is 13.3. The summed E-state index contributed by atoms with van der Waals surface area (Å²) in [4.78, 5) is 12.9. The molecule has 4 aromatic rings. The lowest BCUT2D eigenvalue weighted by Crippen LogP contribution is -2.28. The Morgan fingerprint density at radius 1 is 0.750 bits per heavy atom. The minimum atomic E-state index is -0.455. The molecule has 28 heavy (non-hydrogen) atoms. The van der Waals surface area contributed by atoms with Crippen molar-refractivity contribution < 1.29 is 4.79 Å². The summed E-state index contributed by atoms with van der Waals surface area (Å²) < 4.78 is 0. The Kier molecular flexibility index (Phi) is 4.38. The van der Waals surface area contributed by atoms with Crippen molar-refractivity contribution in [3.8, 4) is 0 Å². The van der Waals surface area contributed by atoms with Crippen LogP contribution < -0.4 is 5.32 Å². The van der Waals surface area contributed by atoms with Gasteiger partial charge in [-0.3, -0.25) is 4.79 Å². The predicted molar refractivity (Wildman–Crippen MR) is 121 cm³/mol. The molecule has 2 nitrogen and oxygen atoms in total. The third-order valence-corrected chi connectivity index (χ3v) is 5.48. The molecule has 0 atom stereocenters. The molecular weight excluding hydrogens is 342 g/mol. The van der Waals surface area contributed by atoms with Crippen LogP contribution in [0.5, 0.6) is 0 Å². The van der Waals surface area contributed by atoms with Crippen LogP contribution in [0.1, 0.15) is 46.1 Å². The van der Waals surface area contributed by atoms with Crippen LogP contribution in [0.2, 0.25) is 0 Å². The number of amides is 1. The van der Waals surface area contributed by atoms with Gasteiger partial charge < -0.3 is 5.32 Å². The molecule has 0 bridgehead atoms.